The van der Waals surface area contributed by atoms with E-state index in [9.17, 15) is 9.59 Å². The largest absolute Gasteiger partial charge is 0.480 e. The Balaban J connectivity index is 0. The summed E-state index contributed by atoms with van der Waals surface area (Å²) in [7, 11) is 0. The van der Waals surface area contributed by atoms with Gasteiger partial charge in [0.15, 0.2) is 0 Å². The second-order valence-electron chi connectivity index (χ2n) is 1.95. The first-order valence-electron chi connectivity index (χ1n) is 2.80. The zero-order chi connectivity index (χ0) is 8.15. The number of nitrogens with two attached hydrogens (primary N) is 2. The number of carboxylic acid groups (broad SMARTS) is 1. The molecule has 0 aliphatic carbocycles. The van der Waals surface area contributed by atoms with Gasteiger partial charge in [0.05, 0.1) is 0 Å². The van der Waals surface area contributed by atoms with Crippen LogP contribution in [0.25, 0.3) is 0 Å². The SMILES string of the molecule is NC(=O)CC[C@H](N)C(=O)O.[Au]. The van der Waals surface area contributed by atoms with Crippen molar-refractivity contribution < 1.29 is 37.1 Å². The molecule has 0 fully saturated rings. The second kappa shape index (κ2) is 6.36. The normalized spacial score (nSPS) is 11.4. The summed E-state index contributed by atoms with van der Waals surface area (Å²) in [5.74, 6) is -1.64. The van der Waals surface area contributed by atoms with Crippen molar-refractivity contribution in [1.29, 1.82) is 0 Å². The van der Waals surface area contributed by atoms with Crippen LogP contribution >= 0.6 is 0 Å². The molecule has 5 N–H and O–H groups in total. The Hall–Kier alpha value is -0.360. The van der Waals surface area contributed by atoms with E-state index >= 15 is 0 Å². The number of hydrogen-bond acceptors (Lipinski definition) is 3. The van der Waals surface area contributed by atoms with E-state index in [4.69, 9.17) is 16.6 Å². The van der Waals surface area contributed by atoms with E-state index in [1.165, 1.54) is 0 Å². The number of carboxylic acids is 1. The van der Waals surface area contributed by atoms with Crippen LogP contribution in [0.4, 0.5) is 0 Å². The molecule has 0 aromatic heterocycles. The molecule has 0 aromatic carbocycles. The first-order valence-corrected chi connectivity index (χ1v) is 2.80. The van der Waals surface area contributed by atoms with Crippen LogP contribution in [0.5, 0.6) is 0 Å². The quantitative estimate of drug-likeness (QED) is 0.550. The van der Waals surface area contributed by atoms with Crippen LogP contribution < -0.4 is 11.5 Å². The maximum absolute atomic E-state index is 10.1. The van der Waals surface area contributed by atoms with Gasteiger partial charge in [0.1, 0.15) is 6.04 Å². The Bertz CT molecular complexity index is 151. The van der Waals surface area contributed by atoms with Crippen molar-refractivity contribution in [3.8, 4) is 0 Å². The third-order valence-electron chi connectivity index (χ3n) is 1.02. The molecular weight excluding hydrogens is 333 g/mol. The minimum atomic E-state index is -1.11. The zero-order valence-corrected chi connectivity index (χ0v) is 7.88. The topological polar surface area (TPSA) is 106 Å². The van der Waals surface area contributed by atoms with Crippen molar-refractivity contribution in [2.45, 2.75) is 18.9 Å². The maximum atomic E-state index is 10.1. The van der Waals surface area contributed by atoms with Crippen molar-refractivity contribution in [3.63, 3.8) is 0 Å². The maximum Gasteiger partial charge on any atom is 0.320 e. The molecule has 0 saturated carbocycles. The van der Waals surface area contributed by atoms with E-state index in [1.54, 1.807) is 0 Å². The molecule has 5 nitrogen and oxygen atoms in total. The second-order valence-corrected chi connectivity index (χ2v) is 1.95. The number of amides is 1. The molecule has 0 saturated heterocycles. The third kappa shape index (κ3) is 7.54. The summed E-state index contributed by atoms with van der Waals surface area (Å²) >= 11 is 0. The average Bonchev–Trinajstić information content (AvgIpc) is 1.82. The molecule has 0 heterocycles. The summed E-state index contributed by atoms with van der Waals surface area (Å²) in [5.41, 5.74) is 9.81. The molecule has 0 rings (SSSR count). The predicted molar refractivity (Wildman–Crippen MR) is 34.0 cm³/mol. The van der Waals surface area contributed by atoms with Crippen LogP contribution in [0.1, 0.15) is 12.8 Å². The van der Waals surface area contributed by atoms with Crippen LogP contribution in [-0.2, 0) is 32.0 Å². The molecule has 0 aliphatic rings. The molecule has 69 valence electrons. The van der Waals surface area contributed by atoms with E-state index in [0.29, 0.717) is 0 Å². The molecule has 1 amide bonds. The van der Waals surface area contributed by atoms with Crippen molar-refractivity contribution in [1.82, 2.24) is 0 Å². The van der Waals surface area contributed by atoms with Crippen molar-refractivity contribution in [2.75, 3.05) is 0 Å². The summed E-state index contributed by atoms with van der Waals surface area (Å²) in [6.07, 6.45) is 0.123. The van der Waals surface area contributed by atoms with Gasteiger partial charge in [0.2, 0.25) is 5.91 Å². The molecule has 0 aromatic rings. The monoisotopic (exact) mass is 343 g/mol. The van der Waals surface area contributed by atoms with E-state index < -0.39 is 17.9 Å². The minimum absolute atomic E-state index is 0. The Morgan fingerprint density at radius 3 is 2.18 bits per heavy atom. The Kier molecular flexibility index (Phi) is 7.65. The fourth-order valence-corrected chi connectivity index (χ4v) is 0.421. The minimum Gasteiger partial charge on any atom is -0.480 e. The molecule has 11 heavy (non-hydrogen) atoms. The Morgan fingerprint density at radius 2 is 1.91 bits per heavy atom. The van der Waals surface area contributed by atoms with Crippen molar-refractivity contribution in [3.05, 3.63) is 0 Å². The third-order valence-corrected chi connectivity index (χ3v) is 1.02. The summed E-state index contributed by atoms with van der Waals surface area (Å²) < 4.78 is 0. The van der Waals surface area contributed by atoms with Gasteiger partial charge in [0, 0.05) is 28.8 Å². The van der Waals surface area contributed by atoms with E-state index in [2.05, 4.69) is 0 Å². The fourth-order valence-electron chi connectivity index (χ4n) is 0.421. The number of primary amides is 1. The first kappa shape index (κ1) is 13.2. The number of aliphatic carboxylic acids is 1. The number of carbonyl (C=O) groups is 2. The summed E-state index contributed by atoms with van der Waals surface area (Å²) in [5, 5.41) is 8.22. The summed E-state index contributed by atoms with van der Waals surface area (Å²) in [6.45, 7) is 0. The van der Waals surface area contributed by atoms with Crippen molar-refractivity contribution >= 4 is 11.9 Å². The Labute approximate surface area is 79.6 Å². The van der Waals surface area contributed by atoms with Crippen LogP contribution in [0.2, 0.25) is 0 Å². The van der Waals surface area contributed by atoms with Gasteiger partial charge in [-0.3, -0.25) is 9.59 Å². The first-order chi connectivity index (χ1) is 4.54. The molecule has 0 bridgehead atoms. The zero-order valence-electron chi connectivity index (χ0n) is 5.71. The van der Waals surface area contributed by atoms with Gasteiger partial charge in [-0.2, -0.15) is 0 Å². The van der Waals surface area contributed by atoms with E-state index in [1.807, 2.05) is 0 Å². The van der Waals surface area contributed by atoms with Crippen LogP contribution in [-0.4, -0.2) is 23.0 Å². The summed E-state index contributed by atoms with van der Waals surface area (Å²) in [6, 6.07) is -0.979. The molecule has 6 heteroatoms. The standard InChI is InChI=1S/C5H10N2O3.Au/c6-3(5(9)10)1-2-4(7)8;/h3H,1-2,6H2,(H2,7,8)(H,9,10);/t3-;/m0./s1. The van der Waals surface area contributed by atoms with Crippen LogP contribution in [0.3, 0.4) is 0 Å². The van der Waals surface area contributed by atoms with Crippen molar-refractivity contribution in [2.24, 2.45) is 11.5 Å². The summed E-state index contributed by atoms with van der Waals surface area (Å²) in [4.78, 5) is 20.1. The van der Waals surface area contributed by atoms with E-state index in [0.717, 1.165) is 0 Å². The number of hydrogen-bond donors (Lipinski definition) is 3. The molecular formula is C5H10AuN2O3. The van der Waals surface area contributed by atoms with Gasteiger partial charge in [-0.05, 0) is 6.42 Å². The molecule has 0 aliphatic heterocycles. The smallest absolute Gasteiger partial charge is 0.320 e. The fraction of sp³-hybridized carbons (Fsp3) is 0.600. The van der Waals surface area contributed by atoms with Gasteiger partial charge in [-0.15, -0.1) is 0 Å². The number of rotatable bonds is 4. The molecule has 0 spiro atoms. The van der Waals surface area contributed by atoms with Gasteiger partial charge in [-0.1, -0.05) is 0 Å². The Morgan fingerprint density at radius 1 is 1.45 bits per heavy atom. The molecule has 1 radical (unpaired) electrons. The number of carbonyl (C=O) groups excluding carboxylic acids is 1. The van der Waals surface area contributed by atoms with Gasteiger partial charge >= 0.3 is 5.97 Å². The molecule has 0 unspecified atom stereocenters. The van der Waals surface area contributed by atoms with Gasteiger partial charge in [0.25, 0.3) is 0 Å². The van der Waals surface area contributed by atoms with Gasteiger partial charge in [-0.25, -0.2) is 0 Å². The average molecular weight is 343 g/mol. The van der Waals surface area contributed by atoms with Crippen LogP contribution in [0, 0.1) is 0 Å². The predicted octanol–water partition coefficient (Wildman–Crippen LogP) is -1.34. The molecule has 1 atom stereocenters. The van der Waals surface area contributed by atoms with Crippen LogP contribution in [0.15, 0.2) is 0 Å². The van der Waals surface area contributed by atoms with Gasteiger partial charge < -0.3 is 16.6 Å². The van der Waals surface area contributed by atoms with E-state index in [-0.39, 0.29) is 35.2 Å².